The topological polar surface area (TPSA) is 88.7 Å². The smallest absolute Gasteiger partial charge is 0.323 e. The van der Waals surface area contributed by atoms with E-state index in [1.807, 2.05) is 42.5 Å². The second-order valence-electron chi connectivity index (χ2n) is 6.37. The maximum absolute atomic E-state index is 12.3. The van der Waals surface area contributed by atoms with Crippen LogP contribution in [0.1, 0.15) is 0 Å². The molecule has 160 valence electrons. The van der Waals surface area contributed by atoms with Crippen LogP contribution in [-0.4, -0.2) is 31.9 Å². The molecule has 0 aliphatic heterocycles. The Hall–Kier alpha value is -3.65. The first-order valence-corrected chi connectivity index (χ1v) is 10.4. The van der Waals surface area contributed by atoms with Gasteiger partial charge in [0, 0.05) is 22.3 Å². The van der Waals surface area contributed by atoms with Crippen molar-refractivity contribution in [3.63, 3.8) is 0 Å². The van der Waals surface area contributed by atoms with Gasteiger partial charge in [0.1, 0.15) is 11.5 Å². The fraction of sp³-hybridized carbons (Fsp3) is 0.130. The molecular formula is C23H23N3O4S. The predicted molar refractivity (Wildman–Crippen MR) is 124 cm³/mol. The number of rotatable bonds is 8. The molecular weight excluding hydrogens is 414 g/mol. The number of thioether (sulfide) groups is 1. The summed E-state index contributed by atoms with van der Waals surface area (Å²) in [6.45, 7) is 0. The van der Waals surface area contributed by atoms with Gasteiger partial charge in [-0.3, -0.25) is 4.79 Å². The van der Waals surface area contributed by atoms with Gasteiger partial charge in [-0.1, -0.05) is 18.2 Å². The molecule has 31 heavy (non-hydrogen) atoms. The average Bonchev–Trinajstić information content (AvgIpc) is 2.79. The fourth-order valence-electron chi connectivity index (χ4n) is 2.69. The lowest BCUT2D eigenvalue weighted by Crippen LogP contribution is -2.19. The number of ether oxygens (including phenoxy) is 2. The zero-order chi connectivity index (χ0) is 22.1. The van der Waals surface area contributed by atoms with E-state index in [4.69, 9.17) is 9.47 Å². The summed E-state index contributed by atoms with van der Waals surface area (Å²) in [6, 6.07) is 21.4. The Kier molecular flexibility index (Phi) is 7.78. The van der Waals surface area contributed by atoms with Gasteiger partial charge in [-0.15, -0.1) is 11.8 Å². The molecule has 0 fully saturated rings. The first kappa shape index (κ1) is 22.0. The second kappa shape index (κ2) is 10.9. The first-order valence-electron chi connectivity index (χ1n) is 9.45. The number of para-hydroxylation sites is 1. The van der Waals surface area contributed by atoms with Crippen LogP contribution in [0.2, 0.25) is 0 Å². The molecule has 7 nitrogen and oxygen atoms in total. The summed E-state index contributed by atoms with van der Waals surface area (Å²) in [4.78, 5) is 25.3. The van der Waals surface area contributed by atoms with Gasteiger partial charge in [0.05, 0.1) is 25.7 Å². The van der Waals surface area contributed by atoms with Gasteiger partial charge in [0.2, 0.25) is 5.91 Å². The van der Waals surface area contributed by atoms with Crippen LogP contribution in [-0.2, 0) is 4.79 Å². The molecule has 8 heteroatoms. The first-order chi connectivity index (χ1) is 15.1. The van der Waals surface area contributed by atoms with E-state index in [2.05, 4.69) is 16.0 Å². The van der Waals surface area contributed by atoms with E-state index >= 15 is 0 Å². The van der Waals surface area contributed by atoms with Gasteiger partial charge < -0.3 is 25.4 Å². The number of anilines is 3. The molecule has 3 N–H and O–H groups in total. The maximum Gasteiger partial charge on any atom is 0.323 e. The molecule has 0 heterocycles. The highest BCUT2D eigenvalue weighted by molar-refractivity contribution is 8.00. The van der Waals surface area contributed by atoms with Crippen molar-refractivity contribution >= 4 is 40.8 Å². The lowest BCUT2D eigenvalue weighted by Gasteiger charge is -2.11. The molecule has 0 radical (unpaired) electrons. The SMILES string of the molecule is COc1ccc(NC(=O)CSc2ccc(NC(=O)Nc3ccccc3)cc2)c(OC)c1. The third-order valence-electron chi connectivity index (χ3n) is 4.20. The van der Waals surface area contributed by atoms with Gasteiger partial charge in [0.15, 0.2) is 0 Å². The lowest BCUT2D eigenvalue weighted by atomic mass is 10.2. The Morgan fingerprint density at radius 3 is 2.13 bits per heavy atom. The van der Waals surface area contributed by atoms with E-state index in [1.165, 1.54) is 18.9 Å². The standard InChI is InChI=1S/C23H23N3O4S/c1-29-18-10-13-20(21(14-18)30-2)26-22(27)15-31-19-11-8-17(9-12-19)25-23(28)24-16-6-4-3-5-7-16/h3-14H,15H2,1-2H3,(H,26,27)(H2,24,25,28). The Balaban J connectivity index is 1.49. The van der Waals surface area contributed by atoms with Crippen LogP contribution >= 0.6 is 11.8 Å². The summed E-state index contributed by atoms with van der Waals surface area (Å²) < 4.78 is 10.5. The molecule has 0 saturated carbocycles. The highest BCUT2D eigenvalue weighted by Crippen LogP contribution is 2.29. The van der Waals surface area contributed by atoms with E-state index < -0.39 is 0 Å². The van der Waals surface area contributed by atoms with E-state index in [1.54, 1.807) is 37.4 Å². The van der Waals surface area contributed by atoms with Gasteiger partial charge >= 0.3 is 6.03 Å². The van der Waals surface area contributed by atoms with E-state index in [0.29, 0.717) is 28.6 Å². The van der Waals surface area contributed by atoms with Crippen LogP contribution in [0.15, 0.2) is 77.7 Å². The summed E-state index contributed by atoms with van der Waals surface area (Å²) in [5.74, 6) is 1.26. The number of amides is 3. The van der Waals surface area contributed by atoms with Crippen LogP contribution in [0.5, 0.6) is 11.5 Å². The van der Waals surface area contributed by atoms with Crippen LogP contribution in [0.4, 0.5) is 21.9 Å². The molecule has 0 spiro atoms. The molecule has 0 bridgehead atoms. The zero-order valence-corrected chi connectivity index (χ0v) is 18.0. The van der Waals surface area contributed by atoms with Crippen molar-refractivity contribution in [2.24, 2.45) is 0 Å². The second-order valence-corrected chi connectivity index (χ2v) is 7.42. The van der Waals surface area contributed by atoms with Crippen LogP contribution in [0.3, 0.4) is 0 Å². The number of hydrogen-bond donors (Lipinski definition) is 3. The van der Waals surface area contributed by atoms with Crippen molar-refractivity contribution in [2.75, 3.05) is 35.9 Å². The highest BCUT2D eigenvalue weighted by Gasteiger charge is 2.10. The summed E-state index contributed by atoms with van der Waals surface area (Å²) in [6.07, 6.45) is 0. The number of nitrogens with one attached hydrogen (secondary N) is 3. The lowest BCUT2D eigenvalue weighted by molar-refractivity contribution is -0.113. The van der Waals surface area contributed by atoms with Gasteiger partial charge in [0.25, 0.3) is 0 Å². The molecule has 0 saturated heterocycles. The Morgan fingerprint density at radius 2 is 1.48 bits per heavy atom. The number of benzene rings is 3. The van der Waals surface area contributed by atoms with Crippen molar-refractivity contribution in [3.8, 4) is 11.5 Å². The minimum Gasteiger partial charge on any atom is -0.497 e. The molecule has 3 aromatic carbocycles. The number of carbonyl (C=O) groups is 2. The molecule has 3 rings (SSSR count). The maximum atomic E-state index is 12.3. The Labute approximate surface area is 185 Å². The van der Waals surface area contributed by atoms with Crippen LogP contribution in [0.25, 0.3) is 0 Å². The van der Waals surface area contributed by atoms with Crippen molar-refractivity contribution in [1.82, 2.24) is 0 Å². The summed E-state index contributed by atoms with van der Waals surface area (Å²) in [5.41, 5.74) is 1.95. The van der Waals surface area contributed by atoms with Crippen LogP contribution in [0, 0.1) is 0 Å². The average molecular weight is 438 g/mol. The van der Waals surface area contributed by atoms with Crippen LogP contribution < -0.4 is 25.4 Å². The summed E-state index contributed by atoms with van der Waals surface area (Å²) in [7, 11) is 3.11. The van der Waals surface area contributed by atoms with E-state index in [9.17, 15) is 9.59 Å². The fourth-order valence-corrected chi connectivity index (χ4v) is 3.38. The van der Waals surface area contributed by atoms with Crippen molar-refractivity contribution in [1.29, 1.82) is 0 Å². The number of methoxy groups -OCH3 is 2. The number of hydrogen-bond acceptors (Lipinski definition) is 5. The Bertz CT molecular complexity index is 1030. The van der Waals surface area contributed by atoms with Crippen molar-refractivity contribution in [3.05, 3.63) is 72.8 Å². The third-order valence-corrected chi connectivity index (χ3v) is 5.21. The number of urea groups is 1. The molecule has 0 atom stereocenters. The largest absolute Gasteiger partial charge is 0.497 e. The highest BCUT2D eigenvalue weighted by atomic mass is 32.2. The quantitative estimate of drug-likeness (QED) is 0.428. The monoisotopic (exact) mass is 437 g/mol. The molecule has 0 unspecified atom stereocenters. The van der Waals surface area contributed by atoms with E-state index in [-0.39, 0.29) is 17.7 Å². The molecule has 3 amide bonds. The number of carbonyl (C=O) groups excluding carboxylic acids is 2. The van der Waals surface area contributed by atoms with E-state index in [0.717, 1.165) is 4.90 Å². The van der Waals surface area contributed by atoms with Crippen molar-refractivity contribution < 1.29 is 19.1 Å². The Morgan fingerprint density at radius 1 is 0.806 bits per heavy atom. The minimum atomic E-state index is -0.320. The van der Waals surface area contributed by atoms with Gasteiger partial charge in [-0.05, 0) is 48.5 Å². The summed E-state index contributed by atoms with van der Waals surface area (Å²) >= 11 is 1.39. The van der Waals surface area contributed by atoms with Crippen molar-refractivity contribution in [2.45, 2.75) is 4.90 Å². The molecule has 0 aromatic heterocycles. The zero-order valence-electron chi connectivity index (χ0n) is 17.2. The molecule has 3 aromatic rings. The van der Waals surface area contributed by atoms with Gasteiger partial charge in [-0.25, -0.2) is 4.79 Å². The molecule has 0 aliphatic rings. The van der Waals surface area contributed by atoms with Gasteiger partial charge in [-0.2, -0.15) is 0 Å². The normalized spacial score (nSPS) is 10.1. The predicted octanol–water partition coefficient (Wildman–Crippen LogP) is 5.08. The summed E-state index contributed by atoms with van der Waals surface area (Å²) in [5, 5.41) is 8.37. The minimum absolute atomic E-state index is 0.155. The third kappa shape index (κ3) is 6.68. The molecule has 0 aliphatic carbocycles.